The highest BCUT2D eigenvalue weighted by Crippen LogP contribution is 2.42. The first kappa shape index (κ1) is 21.6. The quantitative estimate of drug-likeness (QED) is 0.573. The van der Waals surface area contributed by atoms with Crippen molar-refractivity contribution >= 4 is 40.0 Å². The van der Waals surface area contributed by atoms with Crippen LogP contribution in [0.4, 0.5) is 5.69 Å². The molecule has 1 aromatic heterocycles. The van der Waals surface area contributed by atoms with E-state index < -0.39 is 0 Å². The Morgan fingerprint density at radius 2 is 1.73 bits per heavy atom. The lowest BCUT2D eigenvalue weighted by molar-refractivity contribution is -0.119. The summed E-state index contributed by atoms with van der Waals surface area (Å²) in [4.78, 5) is 29.5. The van der Waals surface area contributed by atoms with Crippen LogP contribution in [0.15, 0.2) is 36.5 Å². The van der Waals surface area contributed by atoms with Gasteiger partial charge in [0.15, 0.2) is 0 Å². The van der Waals surface area contributed by atoms with E-state index in [-0.39, 0.29) is 24.3 Å². The molecule has 0 N–H and O–H groups in total. The van der Waals surface area contributed by atoms with E-state index >= 15 is 0 Å². The summed E-state index contributed by atoms with van der Waals surface area (Å²) in [6, 6.07) is 9.46. The van der Waals surface area contributed by atoms with Crippen molar-refractivity contribution in [1.29, 1.82) is 0 Å². The van der Waals surface area contributed by atoms with Crippen LogP contribution in [0.3, 0.4) is 0 Å². The van der Waals surface area contributed by atoms with Crippen LogP contribution in [0.25, 0.3) is 10.9 Å². The lowest BCUT2D eigenvalue weighted by Crippen LogP contribution is -2.38. The second-order valence-electron chi connectivity index (χ2n) is 8.56. The molecule has 5 rings (SSSR count). The molecule has 2 aromatic carbocycles. The Labute approximate surface area is 197 Å². The lowest BCUT2D eigenvalue weighted by atomic mass is 9.88. The number of halogens is 1. The monoisotopic (exact) mass is 467 g/mol. The van der Waals surface area contributed by atoms with Gasteiger partial charge in [0, 0.05) is 37.3 Å². The van der Waals surface area contributed by atoms with Gasteiger partial charge in [0.1, 0.15) is 18.0 Å². The van der Waals surface area contributed by atoms with E-state index in [2.05, 4.69) is 0 Å². The molecule has 172 valence electrons. The Kier molecular flexibility index (Phi) is 5.44. The summed E-state index contributed by atoms with van der Waals surface area (Å²) in [5.41, 5.74) is 3.17. The first-order valence-corrected chi connectivity index (χ1v) is 11.4. The molecule has 0 unspecified atom stereocenters. The number of rotatable bonds is 4. The van der Waals surface area contributed by atoms with Crippen molar-refractivity contribution < 1.29 is 19.1 Å². The summed E-state index contributed by atoms with van der Waals surface area (Å²) < 4.78 is 13.0. The molecule has 2 aliphatic heterocycles. The highest BCUT2D eigenvalue weighted by molar-refractivity contribution is 6.36. The largest absolute Gasteiger partial charge is 0.496 e. The Balaban J connectivity index is 1.42. The standard InChI is InChI=1S/C25H26ClN3O4/c1-27-21(30)14-29-13-17(16-7-8-18(26)24(27)23(16)29)25(31)28-11-9-15(10-12-28)22-19(32-2)5-4-6-20(22)33-3/h4-8,13,15H,9-12,14H2,1-3H3. The summed E-state index contributed by atoms with van der Waals surface area (Å²) in [5.74, 6) is 1.81. The second-order valence-corrected chi connectivity index (χ2v) is 8.97. The van der Waals surface area contributed by atoms with Gasteiger partial charge in [0.05, 0.1) is 36.0 Å². The van der Waals surface area contributed by atoms with Gasteiger partial charge < -0.3 is 23.8 Å². The minimum Gasteiger partial charge on any atom is -0.496 e. The first-order chi connectivity index (χ1) is 15.9. The predicted octanol–water partition coefficient (Wildman–Crippen LogP) is 4.31. The van der Waals surface area contributed by atoms with Crippen LogP contribution in [0, 0.1) is 0 Å². The van der Waals surface area contributed by atoms with Crippen molar-refractivity contribution in [2.24, 2.45) is 0 Å². The van der Waals surface area contributed by atoms with E-state index in [0.717, 1.165) is 40.8 Å². The molecular formula is C25H26ClN3O4. The molecule has 0 spiro atoms. The third-order valence-corrected chi connectivity index (χ3v) is 7.17. The van der Waals surface area contributed by atoms with Gasteiger partial charge in [0.2, 0.25) is 5.91 Å². The Hall–Kier alpha value is -3.19. The SMILES string of the molecule is COc1cccc(OC)c1C1CCN(C(=O)c2cn3c4c(c(Cl)ccc24)N(C)C(=O)C3)CC1. The van der Waals surface area contributed by atoms with Crippen molar-refractivity contribution in [3.8, 4) is 11.5 Å². The van der Waals surface area contributed by atoms with Gasteiger partial charge >= 0.3 is 0 Å². The fraction of sp³-hybridized carbons (Fsp3) is 0.360. The summed E-state index contributed by atoms with van der Waals surface area (Å²) in [5, 5.41) is 1.33. The Morgan fingerprint density at radius 1 is 1.06 bits per heavy atom. The predicted molar refractivity (Wildman–Crippen MR) is 128 cm³/mol. The number of likely N-dealkylation sites (N-methyl/N-ethyl adjacent to an activating group) is 1. The Bertz CT molecular complexity index is 1240. The van der Waals surface area contributed by atoms with Gasteiger partial charge in [0.25, 0.3) is 5.91 Å². The maximum absolute atomic E-state index is 13.5. The summed E-state index contributed by atoms with van der Waals surface area (Å²) in [7, 11) is 5.06. The fourth-order valence-corrected chi connectivity index (χ4v) is 5.45. The molecule has 0 radical (unpaired) electrons. The molecule has 33 heavy (non-hydrogen) atoms. The van der Waals surface area contributed by atoms with Gasteiger partial charge in [-0.3, -0.25) is 9.59 Å². The number of likely N-dealkylation sites (tertiary alicyclic amines) is 1. The van der Waals surface area contributed by atoms with Crippen molar-refractivity contribution in [2.75, 3.05) is 39.3 Å². The molecule has 2 aliphatic rings. The molecule has 3 heterocycles. The summed E-state index contributed by atoms with van der Waals surface area (Å²) in [6.07, 6.45) is 3.44. The van der Waals surface area contributed by atoms with Crippen molar-refractivity contribution in [2.45, 2.75) is 25.3 Å². The molecule has 1 saturated heterocycles. The third kappa shape index (κ3) is 3.42. The number of carbonyl (C=O) groups excluding carboxylic acids is 2. The Morgan fingerprint density at radius 3 is 2.36 bits per heavy atom. The van der Waals surface area contributed by atoms with Crippen LogP contribution < -0.4 is 14.4 Å². The van der Waals surface area contributed by atoms with Crippen LogP contribution in [0.5, 0.6) is 11.5 Å². The number of carbonyl (C=O) groups is 2. The minimum absolute atomic E-state index is 0.0190. The van der Waals surface area contributed by atoms with Crippen molar-refractivity contribution in [3.05, 3.63) is 52.7 Å². The molecular weight excluding hydrogens is 442 g/mol. The van der Waals surface area contributed by atoms with Crippen LogP contribution in [-0.4, -0.2) is 55.6 Å². The van der Waals surface area contributed by atoms with E-state index in [4.69, 9.17) is 21.1 Å². The van der Waals surface area contributed by atoms with Crippen LogP contribution in [0.1, 0.15) is 34.7 Å². The summed E-state index contributed by atoms with van der Waals surface area (Å²) >= 11 is 6.41. The number of ether oxygens (including phenoxy) is 2. The number of hydrogen-bond acceptors (Lipinski definition) is 4. The van der Waals surface area contributed by atoms with Gasteiger partial charge in [-0.05, 0) is 37.0 Å². The maximum Gasteiger partial charge on any atom is 0.256 e. The molecule has 8 heteroatoms. The first-order valence-electron chi connectivity index (χ1n) is 11.0. The van der Waals surface area contributed by atoms with Crippen molar-refractivity contribution in [1.82, 2.24) is 9.47 Å². The van der Waals surface area contributed by atoms with E-state index in [0.29, 0.717) is 29.4 Å². The minimum atomic E-state index is -0.0573. The second kappa shape index (κ2) is 8.30. The number of amides is 2. The van der Waals surface area contributed by atoms with E-state index in [9.17, 15) is 9.59 Å². The molecule has 0 saturated carbocycles. The average molecular weight is 468 g/mol. The zero-order chi connectivity index (χ0) is 23.3. The third-order valence-electron chi connectivity index (χ3n) is 6.87. The number of methoxy groups -OCH3 is 2. The van der Waals surface area contributed by atoms with Crippen molar-refractivity contribution in [3.63, 3.8) is 0 Å². The number of anilines is 1. The average Bonchev–Trinajstić information content (AvgIpc) is 3.20. The molecule has 7 nitrogen and oxygen atoms in total. The van der Waals surface area contributed by atoms with E-state index in [1.54, 1.807) is 38.4 Å². The highest BCUT2D eigenvalue weighted by Gasteiger charge is 2.32. The topological polar surface area (TPSA) is 64.0 Å². The molecule has 2 amide bonds. The number of aromatic nitrogens is 1. The van der Waals surface area contributed by atoms with Gasteiger partial charge in [-0.1, -0.05) is 23.7 Å². The fourth-order valence-electron chi connectivity index (χ4n) is 5.17. The van der Waals surface area contributed by atoms with Crippen LogP contribution >= 0.6 is 11.6 Å². The number of piperidine rings is 1. The number of hydrogen-bond donors (Lipinski definition) is 0. The molecule has 1 fully saturated rings. The van der Waals surface area contributed by atoms with Crippen LogP contribution in [-0.2, 0) is 11.3 Å². The smallest absolute Gasteiger partial charge is 0.256 e. The zero-order valence-corrected chi connectivity index (χ0v) is 19.7. The van der Waals surface area contributed by atoms with Crippen LogP contribution in [0.2, 0.25) is 5.02 Å². The molecule has 0 atom stereocenters. The highest BCUT2D eigenvalue weighted by atomic mass is 35.5. The number of nitrogens with zero attached hydrogens (tertiary/aromatic N) is 3. The van der Waals surface area contributed by atoms with E-state index in [1.807, 2.05) is 33.7 Å². The maximum atomic E-state index is 13.5. The van der Waals surface area contributed by atoms with Gasteiger partial charge in [-0.15, -0.1) is 0 Å². The molecule has 0 bridgehead atoms. The van der Waals surface area contributed by atoms with Gasteiger partial charge in [-0.25, -0.2) is 0 Å². The molecule has 3 aromatic rings. The normalized spacial score (nSPS) is 16.4. The van der Waals surface area contributed by atoms with E-state index in [1.165, 1.54) is 0 Å². The van der Waals surface area contributed by atoms with Gasteiger partial charge in [-0.2, -0.15) is 0 Å². The summed E-state index contributed by atoms with van der Waals surface area (Å²) in [6.45, 7) is 1.47. The zero-order valence-electron chi connectivity index (χ0n) is 18.9. The molecule has 0 aliphatic carbocycles. The number of benzene rings is 2. The lowest BCUT2D eigenvalue weighted by Gasteiger charge is -2.33.